The van der Waals surface area contributed by atoms with Crippen molar-refractivity contribution in [3.8, 4) is 5.88 Å². The topological polar surface area (TPSA) is 80.4 Å². The van der Waals surface area contributed by atoms with Crippen LogP contribution in [0.1, 0.15) is 6.92 Å². The molecule has 4 N–H and O–H groups in total. The summed E-state index contributed by atoms with van der Waals surface area (Å²) in [6.07, 6.45) is 1.96. The molecule has 1 atom stereocenters. The van der Waals surface area contributed by atoms with Gasteiger partial charge in [-0.1, -0.05) is 0 Å². The molecule has 17 heavy (non-hydrogen) atoms. The monoisotopic (exact) mass is 257 g/mol. The molecule has 1 aromatic heterocycles. The predicted octanol–water partition coefficient (Wildman–Crippen LogP) is 1.20. The van der Waals surface area contributed by atoms with Gasteiger partial charge >= 0.3 is 0 Å². The molecule has 0 aliphatic rings. The first kappa shape index (κ1) is 13.9. The van der Waals surface area contributed by atoms with E-state index in [1.165, 1.54) is 7.11 Å². The van der Waals surface area contributed by atoms with E-state index < -0.39 is 5.60 Å². The standard InChI is InChI=1S/C11H19N3O2S/c1-11(15,7-17-3)6-13-9-5-4-8(12)10(14-9)16-2/h4-5,15H,6-7,12H2,1-3H3,(H,13,14). The molecule has 0 saturated carbocycles. The maximum atomic E-state index is 9.99. The van der Waals surface area contributed by atoms with Crippen molar-refractivity contribution in [2.75, 3.05) is 36.7 Å². The van der Waals surface area contributed by atoms with Crippen molar-refractivity contribution in [1.82, 2.24) is 4.98 Å². The lowest BCUT2D eigenvalue weighted by molar-refractivity contribution is 0.0996. The summed E-state index contributed by atoms with van der Waals surface area (Å²) < 4.78 is 5.02. The fraction of sp³-hybridized carbons (Fsp3) is 0.545. The third kappa shape index (κ3) is 4.32. The summed E-state index contributed by atoms with van der Waals surface area (Å²) in [6, 6.07) is 3.48. The van der Waals surface area contributed by atoms with E-state index in [1.54, 1.807) is 30.8 Å². The quantitative estimate of drug-likeness (QED) is 0.710. The predicted molar refractivity (Wildman–Crippen MR) is 72.7 cm³/mol. The van der Waals surface area contributed by atoms with E-state index in [2.05, 4.69) is 10.3 Å². The van der Waals surface area contributed by atoms with Crippen LogP contribution in [0.2, 0.25) is 0 Å². The van der Waals surface area contributed by atoms with E-state index in [1.807, 2.05) is 6.26 Å². The number of methoxy groups -OCH3 is 1. The Morgan fingerprint density at radius 2 is 2.29 bits per heavy atom. The molecule has 0 saturated heterocycles. The van der Waals surface area contributed by atoms with Crippen LogP contribution < -0.4 is 15.8 Å². The number of anilines is 2. The summed E-state index contributed by atoms with van der Waals surface area (Å²) in [5.74, 6) is 1.68. The van der Waals surface area contributed by atoms with Crippen molar-refractivity contribution < 1.29 is 9.84 Å². The molecule has 96 valence electrons. The maximum absolute atomic E-state index is 9.99. The van der Waals surface area contributed by atoms with Gasteiger partial charge in [-0.2, -0.15) is 16.7 Å². The Labute approximate surface area is 106 Å². The van der Waals surface area contributed by atoms with Crippen molar-refractivity contribution in [3.63, 3.8) is 0 Å². The van der Waals surface area contributed by atoms with Crippen LogP contribution in [0.4, 0.5) is 11.5 Å². The van der Waals surface area contributed by atoms with Crippen LogP contribution in [0.15, 0.2) is 12.1 Å². The van der Waals surface area contributed by atoms with Gasteiger partial charge in [-0.05, 0) is 25.3 Å². The molecular formula is C11H19N3O2S. The Balaban J connectivity index is 2.63. The first-order valence-electron chi connectivity index (χ1n) is 5.24. The molecule has 0 aliphatic heterocycles. The van der Waals surface area contributed by atoms with Gasteiger partial charge in [0.15, 0.2) is 0 Å². The van der Waals surface area contributed by atoms with Gasteiger partial charge in [0.05, 0.1) is 18.4 Å². The van der Waals surface area contributed by atoms with Gasteiger partial charge in [0.2, 0.25) is 5.88 Å². The summed E-state index contributed by atoms with van der Waals surface area (Å²) >= 11 is 1.60. The third-order valence-corrected chi connectivity index (χ3v) is 3.10. The molecule has 0 radical (unpaired) electrons. The molecule has 1 aromatic rings. The van der Waals surface area contributed by atoms with Crippen LogP contribution in [0.5, 0.6) is 5.88 Å². The lowest BCUT2D eigenvalue weighted by atomic mass is 10.1. The minimum absolute atomic E-state index is 0.388. The number of rotatable bonds is 6. The first-order valence-corrected chi connectivity index (χ1v) is 6.63. The summed E-state index contributed by atoms with van der Waals surface area (Å²) in [6.45, 7) is 2.21. The molecule has 1 rings (SSSR count). The Bertz CT molecular complexity index is 372. The fourth-order valence-electron chi connectivity index (χ4n) is 1.36. The average molecular weight is 257 g/mol. The maximum Gasteiger partial charge on any atom is 0.238 e. The zero-order chi connectivity index (χ0) is 12.9. The second-order valence-electron chi connectivity index (χ2n) is 4.08. The Morgan fingerprint density at radius 3 is 2.88 bits per heavy atom. The molecule has 0 aliphatic carbocycles. The van der Waals surface area contributed by atoms with Gasteiger partial charge in [0.1, 0.15) is 5.82 Å². The van der Waals surface area contributed by atoms with E-state index >= 15 is 0 Å². The van der Waals surface area contributed by atoms with Crippen molar-refractivity contribution in [2.24, 2.45) is 0 Å². The van der Waals surface area contributed by atoms with Crippen LogP contribution in [0.25, 0.3) is 0 Å². The molecular weight excluding hydrogens is 238 g/mol. The largest absolute Gasteiger partial charge is 0.479 e. The summed E-state index contributed by atoms with van der Waals surface area (Å²) in [7, 11) is 1.52. The van der Waals surface area contributed by atoms with Crippen molar-refractivity contribution in [3.05, 3.63) is 12.1 Å². The second kappa shape index (κ2) is 5.97. The molecule has 0 fully saturated rings. The van der Waals surface area contributed by atoms with E-state index in [-0.39, 0.29) is 0 Å². The van der Waals surface area contributed by atoms with Gasteiger partial charge in [-0.3, -0.25) is 0 Å². The highest BCUT2D eigenvalue weighted by Gasteiger charge is 2.19. The number of nitrogen functional groups attached to an aromatic ring is 1. The van der Waals surface area contributed by atoms with Gasteiger partial charge in [-0.15, -0.1) is 0 Å². The normalized spacial score (nSPS) is 14.1. The van der Waals surface area contributed by atoms with Gasteiger partial charge in [0.25, 0.3) is 0 Å². The van der Waals surface area contributed by atoms with Gasteiger partial charge in [0, 0.05) is 12.3 Å². The summed E-state index contributed by atoms with van der Waals surface area (Å²) in [4.78, 5) is 4.18. The molecule has 5 nitrogen and oxygen atoms in total. The highest BCUT2D eigenvalue weighted by atomic mass is 32.2. The van der Waals surface area contributed by atoms with Crippen molar-refractivity contribution in [1.29, 1.82) is 0 Å². The third-order valence-electron chi connectivity index (χ3n) is 2.19. The number of pyridine rings is 1. The number of thioether (sulfide) groups is 1. The number of aliphatic hydroxyl groups is 1. The van der Waals surface area contributed by atoms with Gasteiger partial charge < -0.3 is 20.9 Å². The van der Waals surface area contributed by atoms with Crippen LogP contribution >= 0.6 is 11.8 Å². The number of hydrogen-bond donors (Lipinski definition) is 3. The van der Waals surface area contributed by atoms with E-state index in [0.717, 1.165) is 0 Å². The second-order valence-corrected chi connectivity index (χ2v) is 4.94. The van der Waals surface area contributed by atoms with Crippen LogP contribution in [-0.2, 0) is 0 Å². The van der Waals surface area contributed by atoms with Crippen molar-refractivity contribution in [2.45, 2.75) is 12.5 Å². The molecule has 0 aromatic carbocycles. The number of nitrogens with two attached hydrogens (primary N) is 1. The van der Waals surface area contributed by atoms with Gasteiger partial charge in [-0.25, -0.2) is 0 Å². The lowest BCUT2D eigenvalue weighted by Gasteiger charge is -2.22. The smallest absolute Gasteiger partial charge is 0.238 e. The molecule has 0 bridgehead atoms. The van der Waals surface area contributed by atoms with Crippen LogP contribution in [0, 0.1) is 0 Å². The summed E-state index contributed by atoms with van der Waals surface area (Å²) in [5, 5.41) is 13.1. The molecule has 1 unspecified atom stereocenters. The van der Waals surface area contributed by atoms with Crippen LogP contribution in [0.3, 0.4) is 0 Å². The Hall–Kier alpha value is -1.14. The Kier molecular flexibility index (Phi) is 4.89. The first-order chi connectivity index (χ1) is 7.98. The minimum atomic E-state index is -0.768. The van der Waals surface area contributed by atoms with E-state index in [4.69, 9.17) is 10.5 Å². The number of hydrogen-bond acceptors (Lipinski definition) is 6. The number of ether oxygens (including phenoxy) is 1. The fourth-order valence-corrected chi connectivity index (χ4v) is 2.08. The number of aromatic nitrogens is 1. The zero-order valence-electron chi connectivity index (χ0n) is 10.4. The highest BCUT2D eigenvalue weighted by molar-refractivity contribution is 7.98. The number of nitrogens with zero attached hydrogens (tertiary/aromatic N) is 1. The molecule has 6 heteroatoms. The summed E-state index contributed by atoms with van der Waals surface area (Å²) in [5.41, 5.74) is 5.39. The SMILES string of the molecule is COc1nc(NCC(C)(O)CSC)ccc1N. The molecule has 0 spiro atoms. The molecule has 0 amide bonds. The van der Waals surface area contributed by atoms with Crippen molar-refractivity contribution >= 4 is 23.3 Å². The van der Waals surface area contributed by atoms with E-state index in [0.29, 0.717) is 29.7 Å². The van der Waals surface area contributed by atoms with E-state index in [9.17, 15) is 5.11 Å². The van der Waals surface area contributed by atoms with Crippen LogP contribution in [-0.4, -0.2) is 41.4 Å². The Morgan fingerprint density at radius 1 is 1.59 bits per heavy atom. The zero-order valence-corrected chi connectivity index (χ0v) is 11.2. The lowest BCUT2D eigenvalue weighted by Crippen LogP contribution is -2.36. The average Bonchev–Trinajstić information content (AvgIpc) is 2.28. The highest BCUT2D eigenvalue weighted by Crippen LogP contribution is 2.20. The minimum Gasteiger partial charge on any atom is -0.479 e. The number of nitrogens with one attached hydrogen (secondary N) is 1. The molecule has 1 heterocycles.